The first-order chi connectivity index (χ1) is 10.7. The number of amides is 1. The SMILES string of the molecule is COCCn1cnnc1CCNC(=O)c1cnc(SC)nc1. The Morgan fingerprint density at radius 2 is 2.18 bits per heavy atom. The lowest BCUT2D eigenvalue weighted by molar-refractivity contribution is 0.0953. The highest BCUT2D eigenvalue weighted by Gasteiger charge is 2.08. The van der Waals surface area contributed by atoms with Crippen molar-refractivity contribution in [3.63, 3.8) is 0 Å². The normalized spacial score (nSPS) is 10.6. The van der Waals surface area contributed by atoms with Gasteiger partial charge in [-0.1, -0.05) is 11.8 Å². The first-order valence-electron chi connectivity index (χ1n) is 6.74. The Hall–Kier alpha value is -2.00. The standard InChI is InChI=1S/C13H18N6O2S/c1-21-6-5-19-9-17-18-11(19)3-4-14-12(20)10-7-15-13(22-2)16-8-10/h7-9H,3-6H2,1-2H3,(H,14,20). The summed E-state index contributed by atoms with van der Waals surface area (Å²) in [4.78, 5) is 20.1. The third kappa shape index (κ3) is 4.50. The van der Waals surface area contributed by atoms with E-state index in [9.17, 15) is 4.79 Å². The highest BCUT2D eigenvalue weighted by atomic mass is 32.2. The van der Waals surface area contributed by atoms with Gasteiger partial charge in [0.1, 0.15) is 12.2 Å². The fraction of sp³-hybridized carbons (Fsp3) is 0.462. The van der Waals surface area contributed by atoms with E-state index in [2.05, 4.69) is 25.5 Å². The predicted octanol–water partition coefficient (Wildman–Crippen LogP) is 0.409. The molecule has 2 rings (SSSR count). The van der Waals surface area contributed by atoms with E-state index >= 15 is 0 Å². The van der Waals surface area contributed by atoms with Gasteiger partial charge in [0, 0.05) is 39.0 Å². The largest absolute Gasteiger partial charge is 0.383 e. The Labute approximate surface area is 132 Å². The lowest BCUT2D eigenvalue weighted by atomic mass is 10.3. The van der Waals surface area contributed by atoms with Crippen LogP contribution >= 0.6 is 11.8 Å². The molecule has 0 spiro atoms. The average molecular weight is 322 g/mol. The molecule has 0 unspecified atom stereocenters. The smallest absolute Gasteiger partial charge is 0.254 e. The maximum absolute atomic E-state index is 12.0. The minimum absolute atomic E-state index is 0.199. The summed E-state index contributed by atoms with van der Waals surface area (Å²) in [5.74, 6) is 0.613. The first-order valence-corrected chi connectivity index (χ1v) is 7.97. The summed E-state index contributed by atoms with van der Waals surface area (Å²) < 4.78 is 6.94. The fourth-order valence-electron chi connectivity index (χ4n) is 1.78. The quantitative estimate of drug-likeness (QED) is 0.555. The van der Waals surface area contributed by atoms with Gasteiger partial charge >= 0.3 is 0 Å². The number of carbonyl (C=O) groups is 1. The summed E-state index contributed by atoms with van der Waals surface area (Å²) in [5, 5.41) is 11.4. The van der Waals surface area contributed by atoms with Crippen LogP contribution in [0.15, 0.2) is 23.9 Å². The van der Waals surface area contributed by atoms with Gasteiger partial charge in [0.15, 0.2) is 5.16 Å². The molecule has 0 aliphatic heterocycles. The van der Waals surface area contributed by atoms with Gasteiger partial charge in [0.25, 0.3) is 5.91 Å². The number of nitrogens with one attached hydrogen (secondary N) is 1. The van der Waals surface area contributed by atoms with Crippen LogP contribution in [0.25, 0.3) is 0 Å². The van der Waals surface area contributed by atoms with E-state index in [4.69, 9.17) is 4.74 Å². The van der Waals surface area contributed by atoms with Gasteiger partial charge in [0.05, 0.1) is 12.2 Å². The average Bonchev–Trinajstić information content (AvgIpc) is 3.00. The van der Waals surface area contributed by atoms with Crippen LogP contribution in [-0.2, 0) is 17.7 Å². The third-order valence-electron chi connectivity index (χ3n) is 2.94. The summed E-state index contributed by atoms with van der Waals surface area (Å²) >= 11 is 1.43. The van der Waals surface area contributed by atoms with Gasteiger partial charge in [0.2, 0.25) is 0 Å². The molecule has 22 heavy (non-hydrogen) atoms. The summed E-state index contributed by atoms with van der Waals surface area (Å²) in [6, 6.07) is 0. The monoisotopic (exact) mass is 322 g/mol. The number of carbonyl (C=O) groups excluding carboxylic acids is 1. The second kappa shape index (κ2) is 8.44. The first kappa shape index (κ1) is 16.4. The second-order valence-corrected chi connectivity index (χ2v) is 5.17. The molecule has 0 atom stereocenters. The zero-order valence-electron chi connectivity index (χ0n) is 12.5. The molecule has 1 N–H and O–H groups in total. The molecule has 0 saturated heterocycles. The van der Waals surface area contributed by atoms with E-state index in [0.29, 0.717) is 36.8 Å². The van der Waals surface area contributed by atoms with E-state index in [1.54, 1.807) is 13.4 Å². The molecule has 0 radical (unpaired) electrons. The van der Waals surface area contributed by atoms with Crippen LogP contribution in [0.1, 0.15) is 16.2 Å². The van der Waals surface area contributed by atoms with Crippen molar-refractivity contribution in [1.82, 2.24) is 30.0 Å². The van der Waals surface area contributed by atoms with Gasteiger partial charge in [-0.2, -0.15) is 0 Å². The molecule has 2 heterocycles. The summed E-state index contributed by atoms with van der Waals surface area (Å²) in [7, 11) is 1.65. The Balaban J connectivity index is 1.82. The Bertz CT molecular complexity index is 601. The molecule has 0 aliphatic carbocycles. The fourth-order valence-corrected chi connectivity index (χ4v) is 2.09. The molecule has 0 aliphatic rings. The topological polar surface area (TPSA) is 94.8 Å². The van der Waals surface area contributed by atoms with Crippen molar-refractivity contribution in [1.29, 1.82) is 0 Å². The van der Waals surface area contributed by atoms with Crippen molar-refractivity contribution in [2.24, 2.45) is 0 Å². The molecule has 0 fully saturated rings. The van der Waals surface area contributed by atoms with Crippen LogP contribution in [0.5, 0.6) is 0 Å². The van der Waals surface area contributed by atoms with E-state index < -0.39 is 0 Å². The maximum Gasteiger partial charge on any atom is 0.254 e. The number of methoxy groups -OCH3 is 1. The van der Waals surface area contributed by atoms with Crippen LogP contribution in [0.4, 0.5) is 0 Å². The molecule has 2 aromatic rings. The highest BCUT2D eigenvalue weighted by molar-refractivity contribution is 7.98. The predicted molar refractivity (Wildman–Crippen MR) is 81.7 cm³/mol. The number of rotatable bonds is 8. The molecular formula is C13H18N6O2S. The minimum atomic E-state index is -0.199. The number of ether oxygens (including phenoxy) is 1. The van der Waals surface area contributed by atoms with Gasteiger partial charge in [-0.25, -0.2) is 9.97 Å². The third-order valence-corrected chi connectivity index (χ3v) is 3.52. The van der Waals surface area contributed by atoms with Crippen LogP contribution in [-0.4, -0.2) is 57.2 Å². The molecular weight excluding hydrogens is 304 g/mol. The Kier molecular flexibility index (Phi) is 6.28. The molecule has 1 amide bonds. The number of nitrogens with zero attached hydrogens (tertiary/aromatic N) is 5. The van der Waals surface area contributed by atoms with E-state index in [-0.39, 0.29) is 5.91 Å². The molecule has 118 valence electrons. The van der Waals surface area contributed by atoms with Gasteiger partial charge in [-0.15, -0.1) is 10.2 Å². The van der Waals surface area contributed by atoms with Crippen molar-refractivity contribution in [3.05, 3.63) is 30.1 Å². The van der Waals surface area contributed by atoms with Crippen molar-refractivity contribution in [2.75, 3.05) is 26.5 Å². The van der Waals surface area contributed by atoms with Crippen LogP contribution in [0, 0.1) is 0 Å². The lowest BCUT2D eigenvalue weighted by Crippen LogP contribution is -2.27. The number of thioether (sulfide) groups is 1. The van der Waals surface area contributed by atoms with Crippen LogP contribution < -0.4 is 5.32 Å². The maximum atomic E-state index is 12.0. The van der Waals surface area contributed by atoms with Gasteiger partial charge in [-0.05, 0) is 6.26 Å². The summed E-state index contributed by atoms with van der Waals surface area (Å²) in [6.07, 6.45) is 7.18. The zero-order valence-corrected chi connectivity index (χ0v) is 13.3. The Morgan fingerprint density at radius 3 is 2.86 bits per heavy atom. The summed E-state index contributed by atoms with van der Waals surface area (Å²) in [6.45, 7) is 1.75. The molecule has 8 nitrogen and oxygen atoms in total. The van der Waals surface area contributed by atoms with E-state index in [0.717, 1.165) is 5.82 Å². The van der Waals surface area contributed by atoms with Crippen molar-refractivity contribution < 1.29 is 9.53 Å². The minimum Gasteiger partial charge on any atom is -0.383 e. The number of hydrogen-bond donors (Lipinski definition) is 1. The van der Waals surface area contributed by atoms with Crippen LogP contribution in [0.2, 0.25) is 0 Å². The van der Waals surface area contributed by atoms with Crippen molar-refractivity contribution in [2.45, 2.75) is 18.1 Å². The molecule has 0 aromatic carbocycles. The second-order valence-electron chi connectivity index (χ2n) is 4.40. The van der Waals surface area contributed by atoms with E-state index in [1.807, 2.05) is 10.8 Å². The molecule has 0 saturated carbocycles. The lowest BCUT2D eigenvalue weighted by Gasteiger charge is -2.07. The number of aromatic nitrogens is 5. The molecule has 0 bridgehead atoms. The summed E-state index contributed by atoms with van der Waals surface area (Å²) in [5.41, 5.74) is 0.443. The molecule has 2 aromatic heterocycles. The zero-order chi connectivity index (χ0) is 15.8. The van der Waals surface area contributed by atoms with Crippen molar-refractivity contribution >= 4 is 17.7 Å². The number of hydrogen-bond acceptors (Lipinski definition) is 7. The molecule has 9 heteroatoms. The Morgan fingerprint density at radius 1 is 1.41 bits per heavy atom. The van der Waals surface area contributed by atoms with Gasteiger partial charge < -0.3 is 14.6 Å². The van der Waals surface area contributed by atoms with Gasteiger partial charge in [-0.3, -0.25) is 4.79 Å². The highest BCUT2D eigenvalue weighted by Crippen LogP contribution is 2.06. The van der Waals surface area contributed by atoms with Crippen LogP contribution in [0.3, 0.4) is 0 Å². The van der Waals surface area contributed by atoms with Crippen molar-refractivity contribution in [3.8, 4) is 0 Å². The van der Waals surface area contributed by atoms with E-state index in [1.165, 1.54) is 24.2 Å².